The number of benzene rings is 1. The summed E-state index contributed by atoms with van der Waals surface area (Å²) in [6.07, 6.45) is 0.989. The maximum absolute atomic E-state index is 13.0. The third-order valence-corrected chi connectivity index (χ3v) is 3.32. The van der Waals surface area contributed by atoms with Crippen molar-refractivity contribution in [3.8, 4) is 0 Å². The van der Waals surface area contributed by atoms with Crippen molar-refractivity contribution < 1.29 is 18.7 Å². The van der Waals surface area contributed by atoms with E-state index >= 15 is 0 Å². The van der Waals surface area contributed by atoms with Gasteiger partial charge < -0.3 is 14.8 Å². The van der Waals surface area contributed by atoms with Gasteiger partial charge in [0, 0.05) is 18.2 Å². The third kappa shape index (κ3) is 4.16. The predicted molar refractivity (Wildman–Crippen MR) is 73.5 cm³/mol. The van der Waals surface area contributed by atoms with E-state index in [9.17, 15) is 9.18 Å². The molecule has 2 rings (SSSR count). The molecule has 1 amide bonds. The molecule has 1 aliphatic heterocycles. The van der Waals surface area contributed by atoms with Crippen molar-refractivity contribution in [2.45, 2.75) is 25.5 Å². The molecule has 1 aliphatic rings. The zero-order valence-electron chi connectivity index (χ0n) is 11.2. The summed E-state index contributed by atoms with van der Waals surface area (Å²) in [5.41, 5.74) is 0.326. The maximum Gasteiger partial charge on any atom is 0.251 e. The largest absolute Gasteiger partial charge is 0.379 e. The molecule has 4 nitrogen and oxygen atoms in total. The van der Waals surface area contributed by atoms with E-state index in [0.717, 1.165) is 13.0 Å². The Morgan fingerprint density at radius 2 is 2.45 bits per heavy atom. The van der Waals surface area contributed by atoms with Crippen LogP contribution in [0.4, 0.5) is 4.39 Å². The highest BCUT2D eigenvalue weighted by Gasteiger charge is 2.18. The van der Waals surface area contributed by atoms with Gasteiger partial charge in [0.05, 0.1) is 24.3 Å². The van der Waals surface area contributed by atoms with Gasteiger partial charge in [0.25, 0.3) is 5.91 Å². The summed E-state index contributed by atoms with van der Waals surface area (Å²) in [6, 6.07) is 3.74. The second-order valence-corrected chi connectivity index (χ2v) is 5.23. The van der Waals surface area contributed by atoms with Crippen LogP contribution in [-0.2, 0) is 9.47 Å². The Bertz CT molecular complexity index is 477. The van der Waals surface area contributed by atoms with Crippen LogP contribution in [0.25, 0.3) is 0 Å². The van der Waals surface area contributed by atoms with E-state index in [2.05, 4.69) is 5.32 Å². The number of rotatable bonds is 5. The molecule has 110 valence electrons. The summed E-state index contributed by atoms with van der Waals surface area (Å²) in [7, 11) is 0. The van der Waals surface area contributed by atoms with Crippen molar-refractivity contribution in [1.82, 2.24) is 5.32 Å². The smallest absolute Gasteiger partial charge is 0.251 e. The average Bonchev–Trinajstić information content (AvgIpc) is 2.92. The third-order valence-electron chi connectivity index (χ3n) is 3.03. The lowest BCUT2D eigenvalue weighted by atomic mass is 10.2. The lowest BCUT2D eigenvalue weighted by molar-refractivity contribution is 0.0318. The van der Waals surface area contributed by atoms with Crippen molar-refractivity contribution in [2.24, 2.45) is 0 Å². The number of nitrogens with one attached hydrogen (secondary N) is 1. The van der Waals surface area contributed by atoms with Crippen LogP contribution in [0.3, 0.4) is 0 Å². The van der Waals surface area contributed by atoms with Gasteiger partial charge in [-0.05, 0) is 31.5 Å². The first-order valence-electron chi connectivity index (χ1n) is 6.51. The zero-order valence-corrected chi connectivity index (χ0v) is 12.0. The quantitative estimate of drug-likeness (QED) is 0.908. The minimum atomic E-state index is -0.541. The van der Waals surface area contributed by atoms with Crippen LogP contribution in [0, 0.1) is 5.82 Å². The maximum atomic E-state index is 13.0. The molecule has 1 heterocycles. The van der Waals surface area contributed by atoms with Crippen LogP contribution in [0.2, 0.25) is 5.02 Å². The molecule has 1 saturated heterocycles. The molecule has 1 aromatic rings. The molecule has 1 fully saturated rings. The number of carbonyl (C=O) groups is 1. The van der Waals surface area contributed by atoms with Crippen molar-refractivity contribution in [3.05, 3.63) is 34.6 Å². The van der Waals surface area contributed by atoms with Gasteiger partial charge in [0.1, 0.15) is 5.82 Å². The normalized spacial score (nSPS) is 19.9. The monoisotopic (exact) mass is 301 g/mol. The molecule has 0 saturated carbocycles. The summed E-state index contributed by atoms with van der Waals surface area (Å²) in [6.45, 7) is 3.58. The van der Waals surface area contributed by atoms with Gasteiger partial charge in [-0.2, -0.15) is 0 Å². The Hall–Kier alpha value is -1.17. The average molecular weight is 302 g/mol. The van der Waals surface area contributed by atoms with Crippen LogP contribution >= 0.6 is 11.6 Å². The molecule has 20 heavy (non-hydrogen) atoms. The van der Waals surface area contributed by atoms with E-state index in [0.29, 0.717) is 18.8 Å². The fourth-order valence-electron chi connectivity index (χ4n) is 1.91. The van der Waals surface area contributed by atoms with Gasteiger partial charge in [0.15, 0.2) is 0 Å². The van der Waals surface area contributed by atoms with E-state index < -0.39 is 5.82 Å². The van der Waals surface area contributed by atoms with E-state index in [4.69, 9.17) is 21.1 Å². The molecular formula is C14H17ClFNO3. The van der Waals surface area contributed by atoms with Crippen molar-refractivity contribution >= 4 is 17.5 Å². The minimum Gasteiger partial charge on any atom is -0.379 e. The molecule has 0 bridgehead atoms. The van der Waals surface area contributed by atoms with Gasteiger partial charge in [-0.15, -0.1) is 0 Å². The van der Waals surface area contributed by atoms with Gasteiger partial charge in [0.2, 0.25) is 0 Å². The Balaban J connectivity index is 1.81. The summed E-state index contributed by atoms with van der Waals surface area (Å²) in [5.74, 6) is -0.841. The van der Waals surface area contributed by atoms with Crippen LogP contribution < -0.4 is 5.32 Å². The molecule has 0 spiro atoms. The standard InChI is InChI=1S/C14H17ClFNO3/c1-9(7-20-11-4-5-19-8-11)17-14(18)10-2-3-13(16)12(15)6-10/h2-3,6,9,11H,4-5,7-8H2,1H3,(H,17,18)/t9-,11+/m0/s1. The first-order chi connectivity index (χ1) is 9.56. The Morgan fingerprint density at radius 1 is 1.65 bits per heavy atom. The fraction of sp³-hybridized carbons (Fsp3) is 0.500. The molecule has 1 aromatic carbocycles. The molecule has 0 unspecified atom stereocenters. The van der Waals surface area contributed by atoms with Crippen LogP contribution in [0.15, 0.2) is 18.2 Å². The molecule has 0 radical (unpaired) electrons. The van der Waals surface area contributed by atoms with Crippen LogP contribution in [-0.4, -0.2) is 37.9 Å². The topological polar surface area (TPSA) is 47.6 Å². The summed E-state index contributed by atoms with van der Waals surface area (Å²) < 4.78 is 23.8. The summed E-state index contributed by atoms with van der Waals surface area (Å²) in [5, 5.41) is 2.72. The van der Waals surface area contributed by atoms with Crippen LogP contribution in [0.5, 0.6) is 0 Å². The van der Waals surface area contributed by atoms with Gasteiger partial charge >= 0.3 is 0 Å². The second-order valence-electron chi connectivity index (χ2n) is 4.82. The van der Waals surface area contributed by atoms with Gasteiger partial charge in [-0.25, -0.2) is 4.39 Å². The SMILES string of the molecule is C[C@@H](CO[C@@H]1CCOC1)NC(=O)c1ccc(F)c(Cl)c1. The number of amides is 1. The number of hydrogen-bond acceptors (Lipinski definition) is 3. The Labute approximate surface area is 122 Å². The van der Waals surface area contributed by atoms with Crippen molar-refractivity contribution in [3.63, 3.8) is 0 Å². The lowest BCUT2D eigenvalue weighted by Gasteiger charge is -2.17. The highest BCUT2D eigenvalue weighted by Crippen LogP contribution is 2.16. The van der Waals surface area contributed by atoms with E-state index in [1.807, 2.05) is 6.92 Å². The Morgan fingerprint density at radius 3 is 3.10 bits per heavy atom. The molecule has 0 aromatic heterocycles. The molecule has 1 N–H and O–H groups in total. The first-order valence-corrected chi connectivity index (χ1v) is 6.89. The number of halogens is 2. The van der Waals surface area contributed by atoms with E-state index in [1.54, 1.807) is 0 Å². The minimum absolute atomic E-state index is 0.0651. The molecular weight excluding hydrogens is 285 g/mol. The summed E-state index contributed by atoms with van der Waals surface area (Å²) in [4.78, 5) is 11.9. The Kier molecular flexibility index (Phi) is 5.34. The van der Waals surface area contributed by atoms with E-state index in [1.165, 1.54) is 18.2 Å². The van der Waals surface area contributed by atoms with Crippen molar-refractivity contribution in [1.29, 1.82) is 0 Å². The molecule has 2 atom stereocenters. The van der Waals surface area contributed by atoms with Gasteiger partial charge in [-0.1, -0.05) is 11.6 Å². The first kappa shape index (κ1) is 15.2. The summed E-state index contributed by atoms with van der Waals surface area (Å²) >= 11 is 5.65. The van der Waals surface area contributed by atoms with Crippen molar-refractivity contribution in [2.75, 3.05) is 19.8 Å². The zero-order chi connectivity index (χ0) is 14.5. The van der Waals surface area contributed by atoms with Gasteiger partial charge in [-0.3, -0.25) is 4.79 Å². The highest BCUT2D eigenvalue weighted by atomic mass is 35.5. The van der Waals surface area contributed by atoms with E-state index in [-0.39, 0.29) is 23.1 Å². The predicted octanol–water partition coefficient (Wildman–Crippen LogP) is 2.40. The lowest BCUT2D eigenvalue weighted by Crippen LogP contribution is -2.37. The fourth-order valence-corrected chi connectivity index (χ4v) is 2.09. The highest BCUT2D eigenvalue weighted by molar-refractivity contribution is 6.31. The molecule has 0 aliphatic carbocycles. The number of carbonyl (C=O) groups excluding carboxylic acids is 1. The number of hydrogen-bond donors (Lipinski definition) is 1. The second kappa shape index (κ2) is 7.02. The van der Waals surface area contributed by atoms with Crippen LogP contribution in [0.1, 0.15) is 23.7 Å². The number of ether oxygens (including phenoxy) is 2. The molecule has 6 heteroatoms.